The lowest BCUT2D eigenvalue weighted by molar-refractivity contribution is 0.303. The van der Waals surface area contributed by atoms with E-state index in [2.05, 4.69) is 15.0 Å². The van der Waals surface area contributed by atoms with Crippen molar-refractivity contribution in [3.8, 4) is 23.5 Å². The van der Waals surface area contributed by atoms with Crippen LogP contribution in [0.4, 0.5) is 0 Å². The van der Waals surface area contributed by atoms with E-state index in [1.165, 1.54) is 0 Å². The molecule has 0 spiro atoms. The third kappa shape index (κ3) is 3.69. The predicted molar refractivity (Wildman–Crippen MR) is 69.1 cm³/mol. The molecule has 7 heteroatoms. The van der Waals surface area contributed by atoms with Crippen LogP contribution in [-0.4, -0.2) is 28.7 Å². The fourth-order valence-corrected chi connectivity index (χ4v) is 1.45. The van der Waals surface area contributed by atoms with Crippen molar-refractivity contribution in [1.82, 2.24) is 15.0 Å². The van der Waals surface area contributed by atoms with Gasteiger partial charge in [-0.15, -0.1) is 4.98 Å². The lowest BCUT2D eigenvalue weighted by Gasteiger charge is -2.06. The Hall–Kier alpha value is -2.08. The van der Waals surface area contributed by atoms with E-state index >= 15 is 0 Å². The van der Waals surface area contributed by atoms with Gasteiger partial charge in [0, 0.05) is 0 Å². The molecule has 0 saturated heterocycles. The second kappa shape index (κ2) is 6.19. The van der Waals surface area contributed by atoms with Crippen LogP contribution in [-0.2, 0) is 0 Å². The predicted octanol–water partition coefficient (Wildman–Crippen LogP) is 2.72. The summed E-state index contributed by atoms with van der Waals surface area (Å²) in [5, 5.41) is 0.0157. The topological polar surface area (TPSA) is 66.4 Å². The Balaban J connectivity index is 2.17. The van der Waals surface area contributed by atoms with Crippen molar-refractivity contribution in [1.29, 1.82) is 0 Å². The van der Waals surface area contributed by atoms with E-state index in [0.717, 1.165) is 5.75 Å². The molecular weight excluding hydrogens is 270 g/mol. The van der Waals surface area contributed by atoms with Crippen LogP contribution < -0.4 is 14.2 Å². The highest BCUT2D eigenvalue weighted by molar-refractivity contribution is 6.28. The lowest BCUT2D eigenvalue weighted by atomic mass is 10.3. The molecule has 0 aliphatic carbocycles. The molecule has 0 N–H and O–H groups in total. The zero-order valence-corrected chi connectivity index (χ0v) is 11.2. The average Bonchev–Trinajstić information content (AvgIpc) is 2.39. The maximum atomic E-state index is 5.76. The van der Waals surface area contributed by atoms with Gasteiger partial charge < -0.3 is 14.2 Å². The molecule has 0 aliphatic rings. The molecule has 6 nitrogen and oxygen atoms in total. The molecule has 1 aromatic heterocycles. The van der Waals surface area contributed by atoms with Crippen molar-refractivity contribution in [3.63, 3.8) is 0 Å². The zero-order valence-electron chi connectivity index (χ0n) is 10.5. The minimum absolute atomic E-state index is 0.0157. The molecule has 1 heterocycles. The highest BCUT2D eigenvalue weighted by atomic mass is 35.5. The van der Waals surface area contributed by atoms with Gasteiger partial charge in [0.1, 0.15) is 11.5 Å². The molecule has 0 saturated carbocycles. The van der Waals surface area contributed by atoms with Gasteiger partial charge in [-0.25, -0.2) is 0 Å². The van der Waals surface area contributed by atoms with E-state index in [4.69, 9.17) is 25.8 Å². The largest absolute Gasteiger partial charge is 0.497 e. The minimum Gasteiger partial charge on any atom is -0.497 e. The molecule has 0 radical (unpaired) electrons. The van der Waals surface area contributed by atoms with Crippen molar-refractivity contribution in [2.75, 3.05) is 13.7 Å². The van der Waals surface area contributed by atoms with E-state index in [-0.39, 0.29) is 17.3 Å². The SMILES string of the molecule is CCOc1nc(Cl)nc(Oc2ccc(OC)cc2)n1. The van der Waals surface area contributed by atoms with Crippen LogP contribution in [0.1, 0.15) is 6.92 Å². The van der Waals surface area contributed by atoms with Crippen molar-refractivity contribution in [2.45, 2.75) is 6.92 Å². The molecule has 0 atom stereocenters. The molecule has 0 fully saturated rings. The van der Waals surface area contributed by atoms with Crippen LogP contribution in [0.15, 0.2) is 24.3 Å². The van der Waals surface area contributed by atoms with Crippen LogP contribution in [0.5, 0.6) is 23.5 Å². The Morgan fingerprint density at radius 2 is 1.63 bits per heavy atom. The first-order valence-electron chi connectivity index (χ1n) is 5.57. The number of hydrogen-bond acceptors (Lipinski definition) is 6. The fraction of sp³-hybridized carbons (Fsp3) is 0.250. The molecule has 2 rings (SSSR count). The van der Waals surface area contributed by atoms with E-state index in [9.17, 15) is 0 Å². The quantitative estimate of drug-likeness (QED) is 0.839. The number of benzene rings is 1. The molecule has 2 aromatic rings. The average molecular weight is 282 g/mol. The number of aromatic nitrogens is 3. The smallest absolute Gasteiger partial charge is 0.329 e. The van der Waals surface area contributed by atoms with Gasteiger partial charge >= 0.3 is 12.0 Å². The second-order valence-electron chi connectivity index (χ2n) is 3.38. The first-order valence-corrected chi connectivity index (χ1v) is 5.95. The van der Waals surface area contributed by atoms with Crippen molar-refractivity contribution < 1.29 is 14.2 Å². The van der Waals surface area contributed by atoms with Crippen LogP contribution in [0.3, 0.4) is 0 Å². The Bertz CT molecular complexity index is 548. The Morgan fingerprint density at radius 3 is 2.26 bits per heavy atom. The van der Waals surface area contributed by atoms with Gasteiger partial charge in [-0.1, -0.05) is 0 Å². The molecular formula is C12H12ClN3O3. The van der Waals surface area contributed by atoms with Crippen molar-refractivity contribution >= 4 is 11.6 Å². The summed E-state index contributed by atoms with van der Waals surface area (Å²) in [7, 11) is 1.59. The summed E-state index contributed by atoms with van der Waals surface area (Å²) in [6.45, 7) is 2.25. The summed E-state index contributed by atoms with van der Waals surface area (Å²) in [6, 6.07) is 7.20. The van der Waals surface area contributed by atoms with Gasteiger partial charge in [0.2, 0.25) is 5.28 Å². The van der Waals surface area contributed by atoms with Gasteiger partial charge in [-0.3, -0.25) is 0 Å². The van der Waals surface area contributed by atoms with Crippen LogP contribution in [0.25, 0.3) is 0 Å². The van der Waals surface area contributed by atoms with Gasteiger partial charge in [0.15, 0.2) is 0 Å². The van der Waals surface area contributed by atoms with E-state index < -0.39 is 0 Å². The summed E-state index contributed by atoms with van der Waals surface area (Å²) in [5.74, 6) is 1.29. The normalized spacial score (nSPS) is 10.1. The van der Waals surface area contributed by atoms with Crippen molar-refractivity contribution in [3.05, 3.63) is 29.5 Å². The summed E-state index contributed by atoms with van der Waals surface area (Å²) in [5.41, 5.74) is 0. The van der Waals surface area contributed by atoms with E-state index in [1.807, 2.05) is 6.92 Å². The zero-order chi connectivity index (χ0) is 13.7. The summed E-state index contributed by atoms with van der Waals surface area (Å²) < 4.78 is 15.7. The van der Waals surface area contributed by atoms with Crippen LogP contribution in [0.2, 0.25) is 5.28 Å². The number of methoxy groups -OCH3 is 1. The molecule has 0 amide bonds. The maximum Gasteiger partial charge on any atom is 0.329 e. The standard InChI is InChI=1S/C12H12ClN3O3/c1-3-18-11-14-10(13)15-12(16-11)19-9-6-4-8(17-2)5-7-9/h4-7H,3H2,1-2H3. The Labute approximate surface area is 115 Å². The van der Waals surface area contributed by atoms with Crippen molar-refractivity contribution in [2.24, 2.45) is 0 Å². The number of nitrogens with zero attached hydrogens (tertiary/aromatic N) is 3. The number of hydrogen-bond donors (Lipinski definition) is 0. The molecule has 0 unspecified atom stereocenters. The van der Waals surface area contributed by atoms with E-state index in [1.54, 1.807) is 31.4 Å². The summed E-state index contributed by atoms with van der Waals surface area (Å²) in [6.07, 6.45) is 0. The minimum atomic E-state index is 0.0157. The van der Waals surface area contributed by atoms with Gasteiger partial charge in [-0.2, -0.15) is 9.97 Å². The first-order chi connectivity index (χ1) is 9.21. The maximum absolute atomic E-state index is 5.76. The van der Waals surface area contributed by atoms with Crippen LogP contribution in [0, 0.1) is 0 Å². The first kappa shape index (κ1) is 13.4. The summed E-state index contributed by atoms with van der Waals surface area (Å²) in [4.78, 5) is 11.7. The number of halogens is 1. The number of rotatable bonds is 5. The molecule has 19 heavy (non-hydrogen) atoms. The highest BCUT2D eigenvalue weighted by Crippen LogP contribution is 2.22. The third-order valence-corrected chi connectivity index (χ3v) is 2.28. The highest BCUT2D eigenvalue weighted by Gasteiger charge is 2.08. The monoisotopic (exact) mass is 281 g/mol. The fourth-order valence-electron chi connectivity index (χ4n) is 1.30. The van der Waals surface area contributed by atoms with E-state index in [0.29, 0.717) is 12.4 Å². The number of ether oxygens (including phenoxy) is 3. The van der Waals surface area contributed by atoms with Gasteiger partial charge in [-0.05, 0) is 42.8 Å². The van der Waals surface area contributed by atoms with Gasteiger partial charge in [0.05, 0.1) is 13.7 Å². The summed E-state index contributed by atoms with van der Waals surface area (Å²) >= 11 is 5.76. The lowest BCUT2D eigenvalue weighted by Crippen LogP contribution is -2.01. The molecule has 1 aromatic carbocycles. The molecule has 0 bridgehead atoms. The van der Waals surface area contributed by atoms with Crippen LogP contribution >= 0.6 is 11.6 Å². The second-order valence-corrected chi connectivity index (χ2v) is 3.72. The molecule has 100 valence electrons. The molecule has 0 aliphatic heterocycles. The third-order valence-electron chi connectivity index (χ3n) is 2.11. The van der Waals surface area contributed by atoms with Gasteiger partial charge in [0.25, 0.3) is 0 Å². The Kier molecular flexibility index (Phi) is 4.35. The Morgan fingerprint density at radius 1 is 1.00 bits per heavy atom.